The van der Waals surface area contributed by atoms with E-state index in [1.807, 2.05) is 19.1 Å². The molecule has 0 atom stereocenters. The Morgan fingerprint density at radius 1 is 1.45 bits per heavy atom. The molecular formula is C15H14N4O. The minimum Gasteiger partial charge on any atom is -0.420 e. The summed E-state index contributed by atoms with van der Waals surface area (Å²) in [6.07, 6.45) is 7.05. The molecule has 0 bridgehead atoms. The van der Waals surface area contributed by atoms with Gasteiger partial charge in [0.2, 0.25) is 11.8 Å². The molecule has 0 spiro atoms. The van der Waals surface area contributed by atoms with Crippen LogP contribution < -0.4 is 10.7 Å². The maximum atomic E-state index is 5.55. The number of allylic oxidation sites excluding steroid dienone is 1. The number of hydrogen-bond acceptors (Lipinski definition) is 5. The number of nitrogens with zero attached hydrogens (tertiary/aromatic N) is 4. The molecule has 1 aliphatic rings. The first-order valence-corrected chi connectivity index (χ1v) is 6.03. The molecule has 0 amide bonds. The van der Waals surface area contributed by atoms with Crippen molar-refractivity contribution < 1.29 is 4.74 Å². The van der Waals surface area contributed by atoms with Gasteiger partial charge in [-0.25, -0.2) is 4.99 Å². The molecule has 2 heterocycles. The van der Waals surface area contributed by atoms with Crippen molar-refractivity contribution in [2.45, 2.75) is 6.92 Å². The van der Waals surface area contributed by atoms with Crippen LogP contribution in [0.5, 0.6) is 0 Å². The molecule has 20 heavy (non-hydrogen) atoms. The zero-order valence-electron chi connectivity index (χ0n) is 11.2. The molecule has 1 aromatic heterocycles. The predicted octanol–water partition coefficient (Wildman–Crippen LogP) is 1.47. The highest BCUT2D eigenvalue weighted by Gasteiger charge is 2.08. The Bertz CT molecular complexity index is 752. The highest BCUT2D eigenvalue weighted by atomic mass is 16.5. The van der Waals surface area contributed by atoms with Gasteiger partial charge in [-0.2, -0.15) is 4.99 Å². The number of rotatable bonds is 2. The molecule has 0 radical (unpaired) electrons. The number of aromatic nitrogens is 1. The number of hydrogen-bond donors (Lipinski definition) is 0. The van der Waals surface area contributed by atoms with E-state index in [2.05, 4.69) is 39.0 Å². The monoisotopic (exact) mass is 266 g/mol. The van der Waals surface area contributed by atoms with E-state index in [0.29, 0.717) is 23.1 Å². The van der Waals surface area contributed by atoms with Crippen LogP contribution in [0.15, 0.2) is 76.1 Å². The van der Waals surface area contributed by atoms with Gasteiger partial charge in [0.05, 0.1) is 18.1 Å². The van der Waals surface area contributed by atoms with Crippen molar-refractivity contribution in [3.8, 4) is 0 Å². The Labute approximate surface area is 116 Å². The summed E-state index contributed by atoms with van der Waals surface area (Å²) in [5.41, 5.74) is 0.789. The summed E-state index contributed by atoms with van der Waals surface area (Å²) in [6, 6.07) is 1.75. The number of ether oxygens (including phenoxy) is 1. The van der Waals surface area contributed by atoms with Crippen molar-refractivity contribution in [2.24, 2.45) is 15.0 Å². The van der Waals surface area contributed by atoms with Crippen LogP contribution in [0, 0.1) is 0 Å². The first-order chi connectivity index (χ1) is 9.74. The highest BCUT2D eigenvalue weighted by Crippen LogP contribution is 2.14. The van der Waals surface area contributed by atoms with E-state index >= 15 is 0 Å². The average Bonchev–Trinajstić information content (AvgIpc) is 2.49. The smallest absolute Gasteiger partial charge is 0.234 e. The number of aliphatic imine (C=N–C) groups is 1. The third-order valence-electron chi connectivity index (χ3n) is 2.48. The lowest BCUT2D eigenvalue weighted by atomic mass is 10.2. The van der Waals surface area contributed by atoms with E-state index in [9.17, 15) is 0 Å². The van der Waals surface area contributed by atoms with E-state index in [1.54, 1.807) is 18.5 Å². The van der Waals surface area contributed by atoms with Crippen molar-refractivity contribution in [2.75, 3.05) is 6.54 Å². The van der Waals surface area contributed by atoms with Gasteiger partial charge in [0, 0.05) is 11.8 Å². The minimum atomic E-state index is 0.227. The van der Waals surface area contributed by atoms with Gasteiger partial charge in [0.25, 0.3) is 0 Å². The fourth-order valence-electron chi connectivity index (χ4n) is 1.66. The quantitative estimate of drug-likeness (QED) is 0.761. The van der Waals surface area contributed by atoms with Crippen molar-refractivity contribution >= 4 is 5.87 Å². The highest BCUT2D eigenvalue weighted by molar-refractivity contribution is 5.49. The fourth-order valence-corrected chi connectivity index (χ4v) is 1.66. The normalized spacial score (nSPS) is 21.9. The van der Waals surface area contributed by atoms with Gasteiger partial charge in [-0.05, 0) is 32.0 Å². The van der Waals surface area contributed by atoms with E-state index < -0.39 is 0 Å². The van der Waals surface area contributed by atoms with Gasteiger partial charge in [-0.15, -0.1) is 0 Å². The lowest BCUT2D eigenvalue weighted by Gasteiger charge is -2.06. The Morgan fingerprint density at radius 2 is 2.30 bits per heavy atom. The molecule has 0 saturated carbocycles. The molecule has 1 aliphatic heterocycles. The Hall–Kier alpha value is -2.78. The molecule has 100 valence electrons. The van der Waals surface area contributed by atoms with Gasteiger partial charge in [-0.1, -0.05) is 12.2 Å². The third kappa shape index (κ3) is 3.16. The zero-order valence-corrected chi connectivity index (χ0v) is 11.2. The molecule has 0 unspecified atom stereocenters. The maximum Gasteiger partial charge on any atom is 0.234 e. The van der Waals surface area contributed by atoms with E-state index in [-0.39, 0.29) is 5.88 Å². The van der Waals surface area contributed by atoms with Crippen LogP contribution in [0.25, 0.3) is 0 Å². The molecule has 2 rings (SSSR count). The summed E-state index contributed by atoms with van der Waals surface area (Å²) in [6.45, 7) is 9.53. The molecule has 0 fully saturated rings. The van der Waals surface area contributed by atoms with Gasteiger partial charge in [-0.3, -0.25) is 9.98 Å². The average molecular weight is 266 g/mol. The van der Waals surface area contributed by atoms with Gasteiger partial charge >= 0.3 is 0 Å². The van der Waals surface area contributed by atoms with Crippen LogP contribution in [-0.2, 0) is 4.74 Å². The van der Waals surface area contributed by atoms with Crippen LogP contribution in [-0.4, -0.2) is 17.4 Å². The second-order valence-electron chi connectivity index (χ2n) is 3.89. The summed E-state index contributed by atoms with van der Waals surface area (Å²) >= 11 is 0. The second-order valence-corrected chi connectivity index (χ2v) is 3.89. The van der Waals surface area contributed by atoms with Crippen molar-refractivity contribution in [1.29, 1.82) is 0 Å². The van der Waals surface area contributed by atoms with E-state index in [4.69, 9.17) is 4.74 Å². The Kier molecular flexibility index (Phi) is 4.37. The van der Waals surface area contributed by atoms with Gasteiger partial charge in [0.15, 0.2) is 0 Å². The summed E-state index contributed by atoms with van der Waals surface area (Å²) in [7, 11) is 0. The topological polar surface area (TPSA) is 59.2 Å². The Morgan fingerprint density at radius 3 is 3.05 bits per heavy atom. The fraction of sp³-hybridized carbons (Fsp3) is 0.133. The zero-order chi connectivity index (χ0) is 14.4. The van der Waals surface area contributed by atoms with Crippen molar-refractivity contribution in [1.82, 2.24) is 4.98 Å². The predicted molar refractivity (Wildman–Crippen MR) is 76.5 cm³/mol. The first kappa shape index (κ1) is 13.6. The summed E-state index contributed by atoms with van der Waals surface area (Å²) in [5, 5.41) is 1.34. The second kappa shape index (κ2) is 6.41. The van der Waals surface area contributed by atoms with Crippen LogP contribution in [0.2, 0.25) is 0 Å². The Balaban J connectivity index is 2.64. The summed E-state index contributed by atoms with van der Waals surface area (Å²) in [4.78, 5) is 16.8. The third-order valence-corrected chi connectivity index (χ3v) is 2.48. The van der Waals surface area contributed by atoms with Gasteiger partial charge in [0.1, 0.15) is 5.36 Å². The molecule has 0 aromatic carbocycles. The first-order valence-electron chi connectivity index (χ1n) is 6.03. The van der Waals surface area contributed by atoms with Gasteiger partial charge < -0.3 is 4.74 Å². The molecule has 0 N–H and O–H groups in total. The SMILES string of the molecule is C=C=N/C1=C(\C=C/C)C/N=c2/cncc/c2=N/C(=C)O1. The summed E-state index contributed by atoms with van der Waals surface area (Å²) in [5.74, 6) is 3.03. The molecule has 5 nitrogen and oxygen atoms in total. The lowest BCUT2D eigenvalue weighted by Crippen LogP contribution is -2.26. The van der Waals surface area contributed by atoms with E-state index in [1.165, 1.54) is 0 Å². The standard InChI is InChI=1S/C15H14N4O/c1-4-6-12-9-18-14-10-16-8-7-13(14)19-11(3)20-15(12)17-5-2/h4,6-8,10H,2-3,9H2,1H3/b6-4-,15-12-,18-14-,19-13-. The molecule has 0 aliphatic carbocycles. The molecular weight excluding hydrogens is 252 g/mol. The molecule has 0 saturated heterocycles. The van der Waals surface area contributed by atoms with Crippen molar-refractivity contribution in [3.63, 3.8) is 0 Å². The van der Waals surface area contributed by atoms with Crippen LogP contribution >= 0.6 is 0 Å². The van der Waals surface area contributed by atoms with Crippen molar-refractivity contribution in [3.05, 3.63) is 71.8 Å². The van der Waals surface area contributed by atoms with Crippen LogP contribution in [0.1, 0.15) is 6.92 Å². The molecule has 5 heteroatoms. The maximum absolute atomic E-state index is 5.55. The van der Waals surface area contributed by atoms with Crippen LogP contribution in [0.4, 0.5) is 0 Å². The minimum absolute atomic E-state index is 0.227. The number of pyridine rings is 1. The summed E-state index contributed by atoms with van der Waals surface area (Å²) < 4.78 is 5.55. The number of fused-ring (bicyclic) bond motifs is 1. The van der Waals surface area contributed by atoms with E-state index in [0.717, 1.165) is 5.57 Å². The van der Waals surface area contributed by atoms with Crippen LogP contribution in [0.3, 0.4) is 0 Å². The molecule has 1 aromatic rings. The lowest BCUT2D eigenvalue weighted by molar-refractivity contribution is 0.295. The largest absolute Gasteiger partial charge is 0.420 e.